The van der Waals surface area contributed by atoms with Crippen molar-refractivity contribution in [1.82, 2.24) is 0 Å². The van der Waals surface area contributed by atoms with Crippen LogP contribution in [0.3, 0.4) is 0 Å². The number of aliphatic hydroxyl groups excluding tert-OH is 1. The topological polar surface area (TPSA) is 38.7 Å². The summed E-state index contributed by atoms with van der Waals surface area (Å²) in [5.74, 6) is 1.75. The van der Waals surface area contributed by atoms with Gasteiger partial charge in [-0.05, 0) is 30.9 Å². The standard InChI is InChI=1S/C17H26O3/c1-19-14-11-8-12-15(20-2)16(14)17(18)13-9-6-4-3-5-7-10-13/h8,11-13,17-18H,3-7,9-10H2,1-2H3. The van der Waals surface area contributed by atoms with E-state index in [1.54, 1.807) is 14.2 Å². The van der Waals surface area contributed by atoms with Crippen LogP contribution in [0.15, 0.2) is 18.2 Å². The second-order valence-electron chi connectivity index (χ2n) is 5.63. The van der Waals surface area contributed by atoms with E-state index in [4.69, 9.17) is 9.47 Å². The van der Waals surface area contributed by atoms with Crippen molar-refractivity contribution >= 4 is 0 Å². The Morgan fingerprint density at radius 3 is 1.95 bits per heavy atom. The van der Waals surface area contributed by atoms with Crippen molar-refractivity contribution in [2.75, 3.05) is 14.2 Å². The molecular weight excluding hydrogens is 252 g/mol. The minimum atomic E-state index is -0.501. The fraction of sp³-hybridized carbons (Fsp3) is 0.647. The number of methoxy groups -OCH3 is 2. The van der Waals surface area contributed by atoms with Gasteiger partial charge in [-0.25, -0.2) is 0 Å². The van der Waals surface area contributed by atoms with Crippen LogP contribution in [0, 0.1) is 5.92 Å². The smallest absolute Gasteiger partial charge is 0.128 e. The molecule has 0 radical (unpaired) electrons. The van der Waals surface area contributed by atoms with Crippen LogP contribution in [0.4, 0.5) is 0 Å². The van der Waals surface area contributed by atoms with Gasteiger partial charge in [0.05, 0.1) is 25.9 Å². The maximum Gasteiger partial charge on any atom is 0.128 e. The molecule has 1 N–H and O–H groups in total. The first kappa shape index (κ1) is 15.2. The van der Waals surface area contributed by atoms with Crippen LogP contribution in [0.25, 0.3) is 0 Å². The van der Waals surface area contributed by atoms with E-state index in [9.17, 15) is 5.11 Å². The van der Waals surface area contributed by atoms with E-state index >= 15 is 0 Å². The van der Waals surface area contributed by atoms with Gasteiger partial charge in [0, 0.05) is 0 Å². The highest BCUT2D eigenvalue weighted by molar-refractivity contribution is 5.46. The lowest BCUT2D eigenvalue weighted by Gasteiger charge is -2.27. The molecule has 1 aromatic rings. The largest absolute Gasteiger partial charge is 0.496 e. The highest BCUT2D eigenvalue weighted by atomic mass is 16.5. The predicted octanol–water partition coefficient (Wildman–Crippen LogP) is 4.10. The molecule has 0 heterocycles. The minimum Gasteiger partial charge on any atom is -0.496 e. The summed E-state index contributed by atoms with van der Waals surface area (Å²) in [5, 5.41) is 10.8. The lowest BCUT2D eigenvalue weighted by atomic mass is 9.84. The molecule has 112 valence electrons. The number of rotatable bonds is 4. The van der Waals surface area contributed by atoms with Crippen LogP contribution >= 0.6 is 0 Å². The van der Waals surface area contributed by atoms with Gasteiger partial charge in [0.2, 0.25) is 0 Å². The molecule has 0 aromatic heterocycles. The summed E-state index contributed by atoms with van der Waals surface area (Å²) in [6, 6.07) is 5.68. The molecule has 3 nitrogen and oxygen atoms in total. The lowest BCUT2D eigenvalue weighted by Crippen LogP contribution is -2.16. The predicted molar refractivity (Wildman–Crippen MR) is 80.3 cm³/mol. The summed E-state index contributed by atoms with van der Waals surface area (Å²) in [6.07, 6.45) is 7.99. The Morgan fingerprint density at radius 2 is 1.45 bits per heavy atom. The van der Waals surface area contributed by atoms with Gasteiger partial charge < -0.3 is 14.6 Å². The second kappa shape index (κ2) is 7.53. The Kier molecular flexibility index (Phi) is 5.72. The van der Waals surface area contributed by atoms with E-state index in [0.717, 1.165) is 29.9 Å². The Morgan fingerprint density at radius 1 is 0.950 bits per heavy atom. The van der Waals surface area contributed by atoms with Gasteiger partial charge in [0.15, 0.2) is 0 Å². The normalized spacial score (nSPS) is 18.9. The molecule has 3 heteroatoms. The molecule has 20 heavy (non-hydrogen) atoms. The summed E-state index contributed by atoms with van der Waals surface area (Å²) in [4.78, 5) is 0. The SMILES string of the molecule is COc1cccc(OC)c1C(O)C1CCCCCCC1. The Labute approximate surface area is 121 Å². The van der Waals surface area contributed by atoms with Crippen molar-refractivity contribution in [1.29, 1.82) is 0 Å². The van der Waals surface area contributed by atoms with Gasteiger partial charge in [0.25, 0.3) is 0 Å². The fourth-order valence-corrected chi connectivity index (χ4v) is 3.21. The van der Waals surface area contributed by atoms with Crippen molar-refractivity contribution < 1.29 is 14.6 Å². The van der Waals surface area contributed by atoms with E-state index < -0.39 is 6.10 Å². The monoisotopic (exact) mass is 278 g/mol. The zero-order chi connectivity index (χ0) is 14.4. The first-order valence-electron chi connectivity index (χ1n) is 7.67. The van der Waals surface area contributed by atoms with Crippen molar-refractivity contribution in [2.24, 2.45) is 5.92 Å². The molecule has 1 aliphatic carbocycles. The molecule has 0 bridgehead atoms. The van der Waals surface area contributed by atoms with Crippen LogP contribution in [-0.4, -0.2) is 19.3 Å². The number of hydrogen-bond donors (Lipinski definition) is 1. The van der Waals surface area contributed by atoms with Gasteiger partial charge in [-0.1, -0.05) is 38.2 Å². The summed E-state index contributed by atoms with van der Waals surface area (Å²) in [5.41, 5.74) is 0.808. The van der Waals surface area contributed by atoms with Crippen LogP contribution in [-0.2, 0) is 0 Å². The average Bonchev–Trinajstić information content (AvgIpc) is 2.45. The lowest BCUT2D eigenvalue weighted by molar-refractivity contribution is 0.0861. The number of ether oxygens (including phenoxy) is 2. The van der Waals surface area contributed by atoms with E-state index in [2.05, 4.69) is 0 Å². The molecule has 1 aliphatic rings. The first-order valence-corrected chi connectivity index (χ1v) is 7.67. The molecule has 1 fully saturated rings. The van der Waals surface area contributed by atoms with Crippen LogP contribution < -0.4 is 9.47 Å². The zero-order valence-electron chi connectivity index (χ0n) is 12.6. The molecule has 0 spiro atoms. The van der Waals surface area contributed by atoms with Crippen molar-refractivity contribution in [3.8, 4) is 11.5 Å². The zero-order valence-corrected chi connectivity index (χ0v) is 12.6. The number of aliphatic hydroxyl groups is 1. The maximum atomic E-state index is 10.8. The van der Waals surface area contributed by atoms with E-state index in [0.29, 0.717) is 5.92 Å². The molecular formula is C17H26O3. The third-order valence-electron chi connectivity index (χ3n) is 4.36. The van der Waals surface area contributed by atoms with Crippen LogP contribution in [0.2, 0.25) is 0 Å². The third-order valence-corrected chi connectivity index (χ3v) is 4.36. The summed E-state index contributed by atoms with van der Waals surface area (Å²) >= 11 is 0. The van der Waals surface area contributed by atoms with E-state index in [1.165, 1.54) is 32.1 Å². The minimum absolute atomic E-state index is 0.306. The van der Waals surface area contributed by atoms with Gasteiger partial charge in [-0.15, -0.1) is 0 Å². The quantitative estimate of drug-likeness (QED) is 0.901. The average molecular weight is 278 g/mol. The van der Waals surface area contributed by atoms with Crippen LogP contribution in [0.1, 0.15) is 56.6 Å². The van der Waals surface area contributed by atoms with E-state index in [-0.39, 0.29) is 0 Å². The molecule has 1 aromatic carbocycles. The molecule has 1 unspecified atom stereocenters. The first-order chi connectivity index (χ1) is 9.77. The summed E-state index contributed by atoms with van der Waals surface area (Å²) in [7, 11) is 3.28. The van der Waals surface area contributed by atoms with Crippen molar-refractivity contribution in [2.45, 2.75) is 51.0 Å². The summed E-state index contributed by atoms with van der Waals surface area (Å²) in [6.45, 7) is 0. The molecule has 2 rings (SSSR count). The third kappa shape index (κ3) is 3.45. The van der Waals surface area contributed by atoms with E-state index in [1.807, 2.05) is 18.2 Å². The van der Waals surface area contributed by atoms with Crippen LogP contribution in [0.5, 0.6) is 11.5 Å². The number of benzene rings is 1. The molecule has 1 atom stereocenters. The maximum absolute atomic E-state index is 10.8. The van der Waals surface area contributed by atoms with Gasteiger partial charge in [-0.3, -0.25) is 0 Å². The highest BCUT2D eigenvalue weighted by Gasteiger charge is 2.27. The number of hydrogen-bond acceptors (Lipinski definition) is 3. The Hall–Kier alpha value is -1.22. The molecule has 1 saturated carbocycles. The molecule has 0 aliphatic heterocycles. The second-order valence-corrected chi connectivity index (χ2v) is 5.63. The van der Waals surface area contributed by atoms with Crippen molar-refractivity contribution in [3.05, 3.63) is 23.8 Å². The fourth-order valence-electron chi connectivity index (χ4n) is 3.21. The Balaban J connectivity index is 2.23. The Bertz CT molecular complexity index is 386. The highest BCUT2D eigenvalue weighted by Crippen LogP contribution is 2.41. The van der Waals surface area contributed by atoms with Crippen molar-refractivity contribution in [3.63, 3.8) is 0 Å². The van der Waals surface area contributed by atoms with Gasteiger partial charge in [-0.2, -0.15) is 0 Å². The molecule has 0 amide bonds. The van der Waals surface area contributed by atoms with Gasteiger partial charge in [0.1, 0.15) is 11.5 Å². The summed E-state index contributed by atoms with van der Waals surface area (Å²) < 4.78 is 10.8. The molecule has 0 saturated heterocycles. The van der Waals surface area contributed by atoms with Gasteiger partial charge >= 0.3 is 0 Å².